The number of aromatic nitrogens is 1. The van der Waals surface area contributed by atoms with Gasteiger partial charge in [0.05, 0.1) is 10.6 Å². The fourth-order valence-corrected chi connectivity index (χ4v) is 1.62. The molecule has 0 amide bonds. The highest BCUT2D eigenvalue weighted by Gasteiger charge is 2.29. The summed E-state index contributed by atoms with van der Waals surface area (Å²) in [6.07, 6.45) is -2.88. The number of rotatable bonds is 1. The number of nitrogens with zero attached hydrogens (tertiary/aromatic N) is 1. The zero-order valence-electron chi connectivity index (χ0n) is 9.00. The van der Waals surface area contributed by atoms with Crippen LogP contribution in [0.5, 0.6) is 0 Å². The van der Waals surface area contributed by atoms with Crippen LogP contribution in [0.1, 0.15) is 5.56 Å². The number of nitrogens with two attached hydrogens (primary N) is 1. The van der Waals surface area contributed by atoms with E-state index < -0.39 is 11.7 Å². The fourth-order valence-electron chi connectivity index (χ4n) is 1.46. The maximum absolute atomic E-state index is 12.4. The predicted octanol–water partition coefficient (Wildman–Crippen LogP) is 4.00. The van der Waals surface area contributed by atoms with Gasteiger partial charge in [-0.25, -0.2) is 4.98 Å². The molecule has 2 N–H and O–H groups in total. The van der Waals surface area contributed by atoms with Crippen molar-refractivity contribution < 1.29 is 13.2 Å². The van der Waals surface area contributed by atoms with Crippen molar-refractivity contribution in [1.82, 2.24) is 4.98 Å². The Morgan fingerprint density at radius 3 is 2.17 bits per heavy atom. The zero-order valence-corrected chi connectivity index (χ0v) is 9.76. The van der Waals surface area contributed by atoms with Crippen molar-refractivity contribution >= 4 is 17.4 Å². The SMILES string of the molecule is Nc1ncc(-c2ccc(C(F)(F)F)cc2)cc1Cl. The molecule has 0 saturated heterocycles. The second kappa shape index (κ2) is 4.49. The molecule has 2 rings (SSSR count). The van der Waals surface area contributed by atoms with Gasteiger partial charge in [-0.05, 0) is 23.8 Å². The number of nitrogen functional groups attached to an aromatic ring is 1. The molecule has 18 heavy (non-hydrogen) atoms. The van der Waals surface area contributed by atoms with Crippen LogP contribution in [0.15, 0.2) is 36.5 Å². The number of hydrogen-bond acceptors (Lipinski definition) is 2. The van der Waals surface area contributed by atoms with Crippen molar-refractivity contribution in [3.63, 3.8) is 0 Å². The van der Waals surface area contributed by atoms with Crippen LogP contribution in [0.25, 0.3) is 11.1 Å². The van der Waals surface area contributed by atoms with E-state index in [4.69, 9.17) is 17.3 Å². The second-order valence-corrected chi connectivity index (χ2v) is 4.07. The van der Waals surface area contributed by atoms with Crippen LogP contribution in [0.4, 0.5) is 19.0 Å². The lowest BCUT2D eigenvalue weighted by atomic mass is 10.1. The first-order chi connectivity index (χ1) is 8.38. The monoisotopic (exact) mass is 272 g/mol. The van der Waals surface area contributed by atoms with Gasteiger partial charge in [-0.15, -0.1) is 0 Å². The first kappa shape index (κ1) is 12.7. The smallest absolute Gasteiger partial charge is 0.382 e. The minimum absolute atomic E-state index is 0.187. The van der Waals surface area contributed by atoms with Gasteiger partial charge < -0.3 is 5.73 Å². The van der Waals surface area contributed by atoms with E-state index in [9.17, 15) is 13.2 Å². The van der Waals surface area contributed by atoms with Crippen LogP contribution >= 0.6 is 11.6 Å². The van der Waals surface area contributed by atoms with E-state index in [1.165, 1.54) is 18.3 Å². The van der Waals surface area contributed by atoms with Crippen molar-refractivity contribution in [3.05, 3.63) is 47.1 Å². The molecule has 2 nitrogen and oxygen atoms in total. The van der Waals surface area contributed by atoms with Gasteiger partial charge in [-0.2, -0.15) is 13.2 Å². The molecule has 0 saturated carbocycles. The Balaban J connectivity index is 2.37. The first-order valence-corrected chi connectivity index (χ1v) is 5.34. The van der Waals surface area contributed by atoms with Gasteiger partial charge in [-0.1, -0.05) is 23.7 Å². The number of halogens is 4. The molecule has 0 aliphatic rings. The zero-order chi connectivity index (χ0) is 13.3. The van der Waals surface area contributed by atoms with E-state index >= 15 is 0 Å². The molecule has 2 aromatic rings. The molecule has 0 aliphatic heterocycles. The number of alkyl halides is 3. The van der Waals surface area contributed by atoms with Crippen molar-refractivity contribution in [2.24, 2.45) is 0 Å². The summed E-state index contributed by atoms with van der Waals surface area (Å²) in [5.74, 6) is 0.187. The summed E-state index contributed by atoms with van der Waals surface area (Å²) >= 11 is 5.80. The summed E-state index contributed by atoms with van der Waals surface area (Å²) in [7, 11) is 0. The second-order valence-electron chi connectivity index (χ2n) is 3.67. The van der Waals surface area contributed by atoms with Crippen molar-refractivity contribution in [2.45, 2.75) is 6.18 Å². The molecule has 0 bridgehead atoms. The molecule has 0 atom stereocenters. The Hall–Kier alpha value is -1.75. The molecule has 1 aromatic carbocycles. The molecular formula is C12H8ClF3N2. The van der Waals surface area contributed by atoms with Crippen LogP contribution in [0.3, 0.4) is 0 Å². The lowest BCUT2D eigenvalue weighted by molar-refractivity contribution is -0.137. The van der Waals surface area contributed by atoms with Crippen LogP contribution in [0, 0.1) is 0 Å². The number of pyridine rings is 1. The Bertz CT molecular complexity index is 565. The van der Waals surface area contributed by atoms with Gasteiger partial charge >= 0.3 is 6.18 Å². The first-order valence-electron chi connectivity index (χ1n) is 4.96. The maximum Gasteiger partial charge on any atom is 0.416 e. The van der Waals surface area contributed by atoms with E-state index in [0.29, 0.717) is 11.1 Å². The average molecular weight is 273 g/mol. The molecule has 0 fully saturated rings. The summed E-state index contributed by atoms with van der Waals surface area (Å²) < 4.78 is 37.2. The highest BCUT2D eigenvalue weighted by atomic mass is 35.5. The van der Waals surface area contributed by atoms with E-state index in [2.05, 4.69) is 4.98 Å². The lowest BCUT2D eigenvalue weighted by Gasteiger charge is -2.08. The van der Waals surface area contributed by atoms with E-state index in [0.717, 1.165) is 12.1 Å². The highest BCUT2D eigenvalue weighted by molar-refractivity contribution is 6.33. The third kappa shape index (κ3) is 2.56. The summed E-state index contributed by atoms with van der Waals surface area (Å²) in [5, 5.41) is 0.271. The Morgan fingerprint density at radius 1 is 1.06 bits per heavy atom. The van der Waals surface area contributed by atoms with Crippen LogP contribution < -0.4 is 5.73 Å². The molecule has 0 spiro atoms. The minimum Gasteiger partial charge on any atom is -0.382 e. The summed E-state index contributed by atoms with van der Waals surface area (Å²) in [6, 6.07) is 6.32. The van der Waals surface area contributed by atoms with Crippen molar-refractivity contribution in [2.75, 3.05) is 5.73 Å². The van der Waals surface area contributed by atoms with Gasteiger partial charge in [0, 0.05) is 11.8 Å². The van der Waals surface area contributed by atoms with Crippen molar-refractivity contribution in [1.29, 1.82) is 0 Å². The van der Waals surface area contributed by atoms with Crippen molar-refractivity contribution in [3.8, 4) is 11.1 Å². The van der Waals surface area contributed by atoms with Crippen LogP contribution in [-0.4, -0.2) is 4.98 Å². The van der Waals surface area contributed by atoms with E-state index in [1.807, 2.05) is 0 Å². The maximum atomic E-state index is 12.4. The van der Waals surface area contributed by atoms with Gasteiger partial charge in [0.15, 0.2) is 0 Å². The number of hydrogen-bond donors (Lipinski definition) is 1. The lowest BCUT2D eigenvalue weighted by Crippen LogP contribution is -2.04. The Kier molecular flexibility index (Phi) is 3.17. The van der Waals surface area contributed by atoms with Crippen LogP contribution in [0.2, 0.25) is 5.02 Å². The number of benzene rings is 1. The van der Waals surface area contributed by atoms with E-state index in [1.54, 1.807) is 6.07 Å². The molecule has 0 aliphatic carbocycles. The summed E-state index contributed by atoms with van der Waals surface area (Å²) in [5.41, 5.74) is 5.97. The molecule has 0 radical (unpaired) electrons. The molecule has 6 heteroatoms. The third-order valence-corrected chi connectivity index (χ3v) is 2.72. The largest absolute Gasteiger partial charge is 0.416 e. The molecular weight excluding hydrogens is 265 g/mol. The fraction of sp³-hybridized carbons (Fsp3) is 0.0833. The summed E-state index contributed by atoms with van der Waals surface area (Å²) in [4.78, 5) is 3.85. The van der Waals surface area contributed by atoms with Gasteiger partial charge in [0.25, 0.3) is 0 Å². The predicted molar refractivity (Wildman–Crippen MR) is 64.1 cm³/mol. The normalized spacial score (nSPS) is 11.6. The van der Waals surface area contributed by atoms with Crippen LogP contribution in [-0.2, 0) is 6.18 Å². The third-order valence-electron chi connectivity index (χ3n) is 2.42. The standard InChI is InChI=1S/C12H8ClF3N2/c13-10-5-8(6-18-11(10)17)7-1-3-9(4-2-7)12(14,15)16/h1-6H,(H2,17,18). The number of anilines is 1. The molecule has 0 unspecified atom stereocenters. The van der Waals surface area contributed by atoms with Gasteiger partial charge in [0.2, 0.25) is 0 Å². The minimum atomic E-state index is -4.34. The van der Waals surface area contributed by atoms with E-state index in [-0.39, 0.29) is 10.8 Å². The Morgan fingerprint density at radius 2 is 1.67 bits per heavy atom. The average Bonchev–Trinajstić information content (AvgIpc) is 2.32. The molecule has 1 aromatic heterocycles. The summed E-state index contributed by atoms with van der Waals surface area (Å²) in [6.45, 7) is 0. The topological polar surface area (TPSA) is 38.9 Å². The van der Waals surface area contributed by atoms with Gasteiger partial charge in [0.1, 0.15) is 5.82 Å². The highest BCUT2D eigenvalue weighted by Crippen LogP contribution is 2.31. The molecule has 1 heterocycles. The van der Waals surface area contributed by atoms with Gasteiger partial charge in [-0.3, -0.25) is 0 Å². The Labute approximate surface area is 106 Å². The quantitative estimate of drug-likeness (QED) is 0.852. The molecule has 94 valence electrons.